The number of nitrogens with zero attached hydrogens (tertiary/aromatic N) is 1. The van der Waals surface area contributed by atoms with Gasteiger partial charge in [-0.15, -0.1) is 0 Å². The van der Waals surface area contributed by atoms with E-state index >= 15 is 0 Å². The van der Waals surface area contributed by atoms with Crippen LogP contribution in [0.3, 0.4) is 0 Å². The molecule has 1 fully saturated rings. The van der Waals surface area contributed by atoms with E-state index in [1.54, 1.807) is 0 Å². The lowest BCUT2D eigenvalue weighted by Gasteiger charge is -2.25. The number of likely N-dealkylation sites (tertiary alicyclic amines) is 1. The van der Waals surface area contributed by atoms with Crippen LogP contribution >= 0.6 is 0 Å². The Bertz CT molecular complexity index is 444. The number of rotatable bonds is 4. The maximum absolute atomic E-state index is 5.86. The number of hydrogen-bond acceptors (Lipinski definition) is 3. The number of benzene rings is 1. The lowest BCUT2D eigenvalue weighted by molar-refractivity contribution is 0.253. The van der Waals surface area contributed by atoms with Gasteiger partial charge in [0, 0.05) is 24.3 Å². The first kappa shape index (κ1) is 12.9. The molecule has 3 nitrogen and oxygen atoms in total. The standard InChI is InChI=1S/C16H25N3/c1-2-19-9-3-4-14(19)11-18-16-8-5-12-10-13(17)6-7-15(12)16/h6-7,10,14,16,18H,2-5,8-9,11,17H2,1H3. The third kappa shape index (κ3) is 2.63. The topological polar surface area (TPSA) is 41.3 Å². The van der Waals surface area contributed by atoms with Gasteiger partial charge in [-0.3, -0.25) is 4.90 Å². The SMILES string of the molecule is CCN1CCCC1CNC1CCc2cc(N)ccc21. The molecule has 1 aromatic carbocycles. The van der Waals surface area contributed by atoms with Crippen LogP contribution in [0.5, 0.6) is 0 Å². The van der Waals surface area contributed by atoms with E-state index in [1.165, 1.54) is 49.9 Å². The number of likely N-dealkylation sites (N-methyl/N-ethyl adjacent to an activating group) is 1. The first-order valence-electron chi connectivity index (χ1n) is 7.63. The van der Waals surface area contributed by atoms with Crippen LogP contribution in [0.4, 0.5) is 5.69 Å². The first-order valence-corrected chi connectivity index (χ1v) is 7.63. The van der Waals surface area contributed by atoms with E-state index in [9.17, 15) is 0 Å². The highest BCUT2D eigenvalue weighted by atomic mass is 15.2. The fourth-order valence-corrected chi connectivity index (χ4v) is 3.67. The molecular weight excluding hydrogens is 234 g/mol. The lowest BCUT2D eigenvalue weighted by Crippen LogP contribution is -2.38. The van der Waals surface area contributed by atoms with Crippen molar-refractivity contribution >= 4 is 5.69 Å². The molecule has 2 unspecified atom stereocenters. The van der Waals surface area contributed by atoms with E-state index in [4.69, 9.17) is 5.73 Å². The molecule has 1 heterocycles. The van der Waals surface area contributed by atoms with E-state index in [0.717, 1.165) is 18.3 Å². The highest BCUT2D eigenvalue weighted by Gasteiger charge is 2.26. The number of nitrogen functional groups attached to an aromatic ring is 1. The summed E-state index contributed by atoms with van der Waals surface area (Å²) in [5, 5.41) is 3.78. The summed E-state index contributed by atoms with van der Waals surface area (Å²) in [5.74, 6) is 0. The quantitative estimate of drug-likeness (QED) is 0.815. The summed E-state index contributed by atoms with van der Waals surface area (Å²) < 4.78 is 0. The minimum Gasteiger partial charge on any atom is -0.399 e. The van der Waals surface area contributed by atoms with Crippen molar-refractivity contribution < 1.29 is 0 Å². The second-order valence-corrected chi connectivity index (χ2v) is 5.88. The zero-order valence-corrected chi connectivity index (χ0v) is 11.9. The van der Waals surface area contributed by atoms with Gasteiger partial charge in [0.05, 0.1) is 0 Å². The second kappa shape index (κ2) is 5.51. The molecule has 1 aliphatic heterocycles. The van der Waals surface area contributed by atoms with Crippen molar-refractivity contribution in [2.24, 2.45) is 0 Å². The van der Waals surface area contributed by atoms with Gasteiger partial charge in [-0.25, -0.2) is 0 Å². The van der Waals surface area contributed by atoms with Gasteiger partial charge >= 0.3 is 0 Å². The zero-order chi connectivity index (χ0) is 13.2. The maximum atomic E-state index is 5.86. The van der Waals surface area contributed by atoms with Crippen LogP contribution in [0.2, 0.25) is 0 Å². The second-order valence-electron chi connectivity index (χ2n) is 5.88. The zero-order valence-electron chi connectivity index (χ0n) is 11.9. The summed E-state index contributed by atoms with van der Waals surface area (Å²) in [5.41, 5.74) is 9.66. The van der Waals surface area contributed by atoms with E-state index in [1.807, 2.05) is 6.07 Å². The Labute approximate surface area is 116 Å². The van der Waals surface area contributed by atoms with Gasteiger partial charge in [-0.2, -0.15) is 0 Å². The fraction of sp³-hybridized carbons (Fsp3) is 0.625. The predicted molar refractivity (Wildman–Crippen MR) is 80.2 cm³/mol. The molecule has 0 radical (unpaired) electrons. The molecule has 3 heteroatoms. The van der Waals surface area contributed by atoms with Crippen molar-refractivity contribution in [2.75, 3.05) is 25.4 Å². The number of nitrogens with one attached hydrogen (secondary N) is 1. The Morgan fingerprint density at radius 3 is 3.11 bits per heavy atom. The van der Waals surface area contributed by atoms with Crippen LogP contribution in [0.15, 0.2) is 18.2 Å². The van der Waals surface area contributed by atoms with Crippen LogP contribution in [0.1, 0.15) is 43.4 Å². The molecule has 0 aromatic heterocycles. The third-order valence-corrected chi connectivity index (χ3v) is 4.75. The average Bonchev–Trinajstić information content (AvgIpc) is 3.01. The van der Waals surface area contributed by atoms with E-state index in [2.05, 4.69) is 29.3 Å². The summed E-state index contributed by atoms with van der Waals surface area (Å²) in [7, 11) is 0. The van der Waals surface area contributed by atoms with Crippen molar-refractivity contribution in [1.82, 2.24) is 10.2 Å². The Morgan fingerprint density at radius 1 is 1.37 bits per heavy atom. The Kier molecular flexibility index (Phi) is 3.76. The van der Waals surface area contributed by atoms with Crippen LogP contribution in [-0.2, 0) is 6.42 Å². The van der Waals surface area contributed by atoms with Gasteiger partial charge in [0.2, 0.25) is 0 Å². The van der Waals surface area contributed by atoms with Gasteiger partial charge in [-0.1, -0.05) is 13.0 Å². The summed E-state index contributed by atoms with van der Waals surface area (Å²) in [6.45, 7) is 5.86. The van der Waals surface area contributed by atoms with Gasteiger partial charge < -0.3 is 11.1 Å². The van der Waals surface area contributed by atoms with E-state index in [-0.39, 0.29) is 0 Å². The summed E-state index contributed by atoms with van der Waals surface area (Å²) in [4.78, 5) is 2.60. The van der Waals surface area contributed by atoms with Crippen molar-refractivity contribution in [3.63, 3.8) is 0 Å². The smallest absolute Gasteiger partial charge is 0.0326 e. The number of nitrogens with two attached hydrogens (primary N) is 1. The minimum atomic E-state index is 0.537. The monoisotopic (exact) mass is 259 g/mol. The number of fused-ring (bicyclic) bond motifs is 1. The molecule has 104 valence electrons. The lowest BCUT2D eigenvalue weighted by atomic mass is 10.1. The molecule has 2 atom stereocenters. The average molecular weight is 259 g/mol. The molecule has 1 aromatic rings. The highest BCUT2D eigenvalue weighted by Crippen LogP contribution is 2.32. The molecular formula is C16H25N3. The predicted octanol–water partition coefficient (Wildman–Crippen LogP) is 2.33. The van der Waals surface area contributed by atoms with Crippen molar-refractivity contribution in [1.29, 1.82) is 0 Å². The summed E-state index contributed by atoms with van der Waals surface area (Å²) in [6.07, 6.45) is 5.10. The summed E-state index contributed by atoms with van der Waals surface area (Å²) in [6, 6.07) is 7.66. The van der Waals surface area contributed by atoms with Gasteiger partial charge in [0.15, 0.2) is 0 Å². The molecule has 1 saturated heterocycles. The van der Waals surface area contributed by atoms with Crippen LogP contribution in [-0.4, -0.2) is 30.6 Å². The van der Waals surface area contributed by atoms with Crippen molar-refractivity contribution in [3.05, 3.63) is 29.3 Å². The van der Waals surface area contributed by atoms with Gasteiger partial charge in [-0.05, 0) is 62.0 Å². The number of hydrogen-bond donors (Lipinski definition) is 2. The molecule has 0 bridgehead atoms. The highest BCUT2D eigenvalue weighted by molar-refractivity contribution is 5.47. The Hall–Kier alpha value is -1.06. The molecule has 2 aliphatic rings. The van der Waals surface area contributed by atoms with Crippen LogP contribution < -0.4 is 11.1 Å². The fourth-order valence-electron chi connectivity index (χ4n) is 3.67. The third-order valence-electron chi connectivity index (χ3n) is 4.75. The Balaban J connectivity index is 1.61. The van der Waals surface area contributed by atoms with E-state index in [0.29, 0.717) is 6.04 Å². The summed E-state index contributed by atoms with van der Waals surface area (Å²) >= 11 is 0. The largest absolute Gasteiger partial charge is 0.399 e. The molecule has 0 amide bonds. The van der Waals surface area contributed by atoms with Gasteiger partial charge in [0.1, 0.15) is 0 Å². The van der Waals surface area contributed by atoms with Crippen LogP contribution in [0, 0.1) is 0 Å². The molecule has 1 aliphatic carbocycles. The molecule has 3 N–H and O–H groups in total. The molecule has 0 saturated carbocycles. The molecule has 19 heavy (non-hydrogen) atoms. The van der Waals surface area contributed by atoms with Crippen LogP contribution in [0.25, 0.3) is 0 Å². The Morgan fingerprint density at radius 2 is 2.26 bits per heavy atom. The molecule has 3 rings (SSSR count). The van der Waals surface area contributed by atoms with Crippen molar-refractivity contribution in [3.8, 4) is 0 Å². The minimum absolute atomic E-state index is 0.537. The maximum Gasteiger partial charge on any atom is 0.0326 e. The van der Waals surface area contributed by atoms with E-state index < -0.39 is 0 Å². The van der Waals surface area contributed by atoms with Crippen molar-refractivity contribution in [2.45, 2.75) is 44.7 Å². The molecule has 0 spiro atoms. The normalized spacial score (nSPS) is 26.8. The first-order chi connectivity index (χ1) is 9.28. The number of anilines is 1. The number of aryl methyl sites for hydroxylation is 1. The van der Waals surface area contributed by atoms with Gasteiger partial charge in [0.25, 0.3) is 0 Å².